The summed E-state index contributed by atoms with van der Waals surface area (Å²) in [5.74, 6) is 1.31. The summed E-state index contributed by atoms with van der Waals surface area (Å²) in [6.07, 6.45) is 2.20. The molecule has 0 atom stereocenters. The number of fused-ring (bicyclic) bond motifs is 1. The fourth-order valence-corrected chi connectivity index (χ4v) is 4.24. The van der Waals surface area contributed by atoms with Gasteiger partial charge in [-0.25, -0.2) is 9.97 Å². The summed E-state index contributed by atoms with van der Waals surface area (Å²) in [5.41, 5.74) is 2.47. The van der Waals surface area contributed by atoms with E-state index in [1.54, 1.807) is 34.9 Å². The van der Waals surface area contributed by atoms with Crippen molar-refractivity contribution in [1.29, 1.82) is 0 Å². The Kier molecular flexibility index (Phi) is 6.60. The lowest BCUT2D eigenvalue weighted by molar-refractivity contribution is -0.144. The van der Waals surface area contributed by atoms with Crippen molar-refractivity contribution in [3.05, 3.63) is 48.0 Å². The summed E-state index contributed by atoms with van der Waals surface area (Å²) in [7, 11) is 0. The van der Waals surface area contributed by atoms with Crippen LogP contribution in [-0.2, 0) is 9.59 Å². The van der Waals surface area contributed by atoms with E-state index in [-0.39, 0.29) is 18.0 Å². The van der Waals surface area contributed by atoms with E-state index >= 15 is 0 Å². The molecule has 0 radical (unpaired) electrons. The summed E-state index contributed by atoms with van der Waals surface area (Å²) in [4.78, 5) is 37.9. The van der Waals surface area contributed by atoms with Gasteiger partial charge in [0.25, 0.3) is 5.91 Å². The zero-order valence-corrected chi connectivity index (χ0v) is 19.1. The minimum Gasteiger partial charge on any atom is -0.507 e. The molecule has 0 aliphatic carbocycles. The molecule has 0 unspecified atom stereocenters. The van der Waals surface area contributed by atoms with Gasteiger partial charge in [-0.15, -0.1) is 0 Å². The van der Waals surface area contributed by atoms with Crippen LogP contribution < -0.4 is 4.90 Å². The topological polar surface area (TPSA) is 86.6 Å². The van der Waals surface area contributed by atoms with E-state index in [0.717, 1.165) is 22.3 Å². The first-order chi connectivity index (χ1) is 15.5. The molecule has 4 rings (SSSR count). The van der Waals surface area contributed by atoms with Crippen LogP contribution in [0.5, 0.6) is 5.75 Å². The number of para-hydroxylation sites is 1. The van der Waals surface area contributed by atoms with Crippen molar-refractivity contribution in [2.24, 2.45) is 0 Å². The van der Waals surface area contributed by atoms with Crippen molar-refractivity contribution in [2.75, 3.05) is 43.1 Å². The summed E-state index contributed by atoms with van der Waals surface area (Å²) in [6.45, 7) is 4.09. The van der Waals surface area contributed by atoms with Crippen LogP contribution in [0.15, 0.2) is 42.5 Å². The predicted molar refractivity (Wildman–Crippen MR) is 128 cm³/mol. The van der Waals surface area contributed by atoms with Crippen LogP contribution in [0.1, 0.15) is 12.0 Å². The molecule has 3 aromatic rings. The van der Waals surface area contributed by atoms with E-state index in [2.05, 4.69) is 4.90 Å². The van der Waals surface area contributed by atoms with E-state index in [0.29, 0.717) is 43.3 Å². The fourth-order valence-electron chi connectivity index (χ4n) is 3.85. The molecule has 1 fully saturated rings. The monoisotopic (exact) mass is 450 g/mol. The van der Waals surface area contributed by atoms with E-state index in [1.807, 2.05) is 37.4 Å². The van der Waals surface area contributed by atoms with Crippen LogP contribution in [0.2, 0.25) is 0 Å². The maximum absolute atomic E-state index is 12.5. The van der Waals surface area contributed by atoms with Crippen molar-refractivity contribution in [3.8, 4) is 17.1 Å². The SMILES string of the molecule is CSCCC(=O)C(=O)N1CCN(c2nc(-c3ccccc3O)nc3cc(C)ccc23)CC1. The second-order valence-corrected chi connectivity index (χ2v) is 8.84. The molecular weight excluding hydrogens is 424 g/mol. The molecule has 7 nitrogen and oxygen atoms in total. The van der Waals surface area contributed by atoms with Crippen LogP contribution >= 0.6 is 11.8 Å². The van der Waals surface area contributed by atoms with Crippen LogP contribution in [0.25, 0.3) is 22.3 Å². The zero-order chi connectivity index (χ0) is 22.7. The number of aryl methyl sites for hydroxylation is 1. The Labute approximate surface area is 191 Å². The molecule has 1 N–H and O–H groups in total. The number of Topliss-reactive ketones (excluding diaryl/α,β-unsaturated/α-hetero) is 1. The average molecular weight is 451 g/mol. The molecule has 0 spiro atoms. The normalized spacial score (nSPS) is 14.1. The van der Waals surface area contributed by atoms with Crippen LogP contribution in [-0.4, -0.2) is 69.9 Å². The van der Waals surface area contributed by atoms with Gasteiger partial charge in [-0.3, -0.25) is 9.59 Å². The molecule has 2 aromatic carbocycles. The van der Waals surface area contributed by atoms with Crippen LogP contribution in [0.3, 0.4) is 0 Å². The second-order valence-electron chi connectivity index (χ2n) is 7.85. The molecule has 2 heterocycles. The maximum Gasteiger partial charge on any atom is 0.290 e. The second kappa shape index (κ2) is 9.56. The number of phenolic OH excluding ortho intramolecular Hbond substituents is 1. The Morgan fingerprint density at radius 1 is 1.06 bits per heavy atom. The molecular formula is C24H26N4O3S. The lowest BCUT2D eigenvalue weighted by atomic mass is 10.1. The minimum atomic E-state index is -0.392. The summed E-state index contributed by atoms with van der Waals surface area (Å²) in [5, 5.41) is 11.3. The third-order valence-electron chi connectivity index (χ3n) is 5.62. The van der Waals surface area contributed by atoms with Gasteiger partial charge < -0.3 is 14.9 Å². The first kappa shape index (κ1) is 22.1. The number of hydrogen-bond acceptors (Lipinski definition) is 7. The van der Waals surface area contributed by atoms with Crippen molar-refractivity contribution in [1.82, 2.24) is 14.9 Å². The Morgan fingerprint density at radius 2 is 1.81 bits per heavy atom. The number of thioether (sulfide) groups is 1. The lowest BCUT2D eigenvalue weighted by Crippen LogP contribution is -2.51. The van der Waals surface area contributed by atoms with Crippen molar-refractivity contribution in [2.45, 2.75) is 13.3 Å². The summed E-state index contributed by atoms with van der Waals surface area (Å²) < 4.78 is 0. The number of ketones is 1. The average Bonchev–Trinajstić information content (AvgIpc) is 2.81. The van der Waals surface area contributed by atoms with Crippen molar-refractivity contribution >= 4 is 40.2 Å². The molecule has 1 amide bonds. The molecule has 1 saturated heterocycles. The zero-order valence-electron chi connectivity index (χ0n) is 18.2. The number of benzene rings is 2. The van der Waals surface area contributed by atoms with Gasteiger partial charge in [0.05, 0.1) is 11.1 Å². The highest BCUT2D eigenvalue weighted by Gasteiger charge is 2.27. The minimum absolute atomic E-state index is 0.129. The van der Waals surface area contributed by atoms with Gasteiger partial charge in [-0.2, -0.15) is 11.8 Å². The number of carbonyl (C=O) groups is 2. The Morgan fingerprint density at radius 3 is 2.53 bits per heavy atom. The first-order valence-electron chi connectivity index (χ1n) is 10.6. The molecule has 1 aliphatic heterocycles. The largest absolute Gasteiger partial charge is 0.507 e. The first-order valence-corrected chi connectivity index (χ1v) is 12.0. The van der Waals surface area contributed by atoms with Gasteiger partial charge in [-0.05, 0) is 43.0 Å². The standard InChI is InChI=1S/C24H26N4O3S/c1-16-7-8-17-19(15-16)25-22(18-5-3-4-6-20(18)29)26-23(17)27-10-12-28(13-11-27)24(31)21(30)9-14-32-2/h3-8,15,29H,9-14H2,1-2H3. The number of nitrogens with zero attached hydrogens (tertiary/aromatic N) is 4. The third kappa shape index (κ3) is 4.55. The Balaban J connectivity index is 1.62. The van der Waals surface area contributed by atoms with Gasteiger partial charge in [0.2, 0.25) is 5.78 Å². The number of aromatic hydroxyl groups is 1. The Bertz CT molecular complexity index is 1160. The van der Waals surface area contributed by atoms with Crippen LogP contribution in [0.4, 0.5) is 5.82 Å². The third-order valence-corrected chi connectivity index (χ3v) is 6.23. The highest BCUT2D eigenvalue weighted by Crippen LogP contribution is 2.32. The quantitative estimate of drug-likeness (QED) is 0.577. The van der Waals surface area contributed by atoms with E-state index < -0.39 is 5.91 Å². The number of hydrogen-bond donors (Lipinski definition) is 1. The number of carbonyl (C=O) groups excluding carboxylic acids is 2. The highest BCUT2D eigenvalue weighted by molar-refractivity contribution is 7.98. The Hall–Kier alpha value is -3.13. The molecule has 0 saturated carbocycles. The summed E-state index contributed by atoms with van der Waals surface area (Å²) in [6, 6.07) is 13.1. The molecule has 1 aromatic heterocycles. The number of amides is 1. The van der Waals surface area contributed by atoms with E-state index in [1.165, 1.54) is 0 Å². The lowest BCUT2D eigenvalue weighted by Gasteiger charge is -2.35. The van der Waals surface area contributed by atoms with Gasteiger partial charge in [0.15, 0.2) is 5.82 Å². The van der Waals surface area contributed by atoms with Crippen molar-refractivity contribution < 1.29 is 14.7 Å². The number of phenols is 1. The maximum atomic E-state index is 12.5. The van der Waals surface area contributed by atoms with Crippen LogP contribution in [0, 0.1) is 6.92 Å². The fraction of sp³-hybridized carbons (Fsp3) is 0.333. The smallest absolute Gasteiger partial charge is 0.290 e. The van der Waals surface area contributed by atoms with Gasteiger partial charge in [0, 0.05) is 43.7 Å². The highest BCUT2D eigenvalue weighted by atomic mass is 32.2. The molecule has 166 valence electrons. The van der Waals surface area contributed by atoms with Crippen molar-refractivity contribution in [3.63, 3.8) is 0 Å². The molecule has 1 aliphatic rings. The molecule has 0 bridgehead atoms. The van der Waals surface area contributed by atoms with Gasteiger partial charge >= 0.3 is 0 Å². The number of piperazine rings is 1. The number of anilines is 1. The number of aromatic nitrogens is 2. The summed E-state index contributed by atoms with van der Waals surface area (Å²) >= 11 is 1.56. The molecule has 8 heteroatoms. The van der Waals surface area contributed by atoms with E-state index in [9.17, 15) is 14.7 Å². The van der Waals surface area contributed by atoms with Gasteiger partial charge in [0.1, 0.15) is 11.6 Å². The predicted octanol–water partition coefficient (Wildman–Crippen LogP) is 3.28. The molecule has 32 heavy (non-hydrogen) atoms. The van der Waals surface area contributed by atoms with Gasteiger partial charge in [-0.1, -0.05) is 18.2 Å². The van der Waals surface area contributed by atoms with E-state index in [4.69, 9.17) is 9.97 Å². The number of rotatable bonds is 6.